The van der Waals surface area contributed by atoms with Crippen LogP contribution in [0.3, 0.4) is 0 Å². The van der Waals surface area contributed by atoms with E-state index < -0.39 is 5.82 Å². The highest BCUT2D eigenvalue weighted by Gasteiger charge is 2.30. The van der Waals surface area contributed by atoms with Gasteiger partial charge in [-0.05, 0) is 55.5 Å². The monoisotopic (exact) mass is 445 g/mol. The largest absolute Gasteiger partial charge is 0.338 e. The van der Waals surface area contributed by atoms with Crippen molar-refractivity contribution >= 4 is 23.0 Å². The fraction of sp³-hybridized carbons (Fsp3) is 0.292. The molecule has 1 fully saturated rings. The lowest BCUT2D eigenvalue weighted by Crippen LogP contribution is -2.28. The Labute approximate surface area is 190 Å². The maximum atomic E-state index is 14.7. The lowest BCUT2D eigenvalue weighted by atomic mass is 10.0. The van der Waals surface area contributed by atoms with Crippen LogP contribution >= 0.6 is 0 Å². The molecule has 1 aromatic carbocycles. The lowest BCUT2D eigenvalue weighted by Gasteiger charge is -2.10. The topological polar surface area (TPSA) is 108 Å². The molecular formula is C24H24FN7O. The lowest BCUT2D eigenvalue weighted by molar-refractivity contribution is 0.252. The number of hydrogen-bond acceptors (Lipinski definition) is 5. The second-order valence-electron chi connectivity index (χ2n) is 8.28. The fourth-order valence-corrected chi connectivity index (χ4v) is 3.95. The van der Waals surface area contributed by atoms with Gasteiger partial charge in [-0.2, -0.15) is 0 Å². The molecule has 33 heavy (non-hydrogen) atoms. The second kappa shape index (κ2) is 8.57. The minimum Gasteiger partial charge on any atom is -0.338 e. The summed E-state index contributed by atoms with van der Waals surface area (Å²) in [7, 11) is 0. The van der Waals surface area contributed by atoms with Crippen molar-refractivity contribution in [3.05, 3.63) is 54.5 Å². The maximum absolute atomic E-state index is 14.7. The van der Waals surface area contributed by atoms with E-state index >= 15 is 0 Å². The molecule has 1 aliphatic carbocycles. The summed E-state index contributed by atoms with van der Waals surface area (Å²) < 4.78 is 14.7. The van der Waals surface area contributed by atoms with Gasteiger partial charge in [0, 0.05) is 42.2 Å². The van der Waals surface area contributed by atoms with Crippen LogP contribution in [0.1, 0.15) is 38.4 Å². The van der Waals surface area contributed by atoms with Crippen LogP contribution in [0.25, 0.3) is 33.4 Å². The number of nitrogens with one attached hydrogen (secondary N) is 3. The van der Waals surface area contributed by atoms with E-state index in [9.17, 15) is 9.18 Å². The SMILES string of the molecule is CCNC(=O)Nc1nc2c(-c3ncccc3F)cc(-c3cnc(C(C)C4CC4)nc3)cc2[nH]1. The van der Waals surface area contributed by atoms with Gasteiger partial charge in [0.05, 0.1) is 5.52 Å². The van der Waals surface area contributed by atoms with Gasteiger partial charge in [-0.25, -0.2) is 24.1 Å². The van der Waals surface area contributed by atoms with Gasteiger partial charge in [0.15, 0.2) is 0 Å². The molecule has 1 atom stereocenters. The van der Waals surface area contributed by atoms with Crippen LogP contribution in [-0.4, -0.2) is 37.5 Å². The van der Waals surface area contributed by atoms with Crippen molar-refractivity contribution in [3.63, 3.8) is 0 Å². The molecule has 3 N–H and O–H groups in total. The van der Waals surface area contributed by atoms with E-state index in [0.29, 0.717) is 35.0 Å². The number of anilines is 1. The molecular weight excluding hydrogens is 421 g/mol. The summed E-state index contributed by atoms with van der Waals surface area (Å²) in [5, 5.41) is 5.32. The highest BCUT2D eigenvalue weighted by molar-refractivity contribution is 5.98. The van der Waals surface area contributed by atoms with Gasteiger partial charge >= 0.3 is 6.03 Å². The number of carbonyl (C=O) groups is 1. The molecule has 0 saturated heterocycles. The molecule has 3 aromatic heterocycles. The van der Waals surface area contributed by atoms with Gasteiger partial charge in [-0.15, -0.1) is 0 Å². The van der Waals surface area contributed by atoms with Crippen LogP contribution in [0.4, 0.5) is 15.1 Å². The van der Waals surface area contributed by atoms with E-state index in [-0.39, 0.29) is 17.7 Å². The molecule has 0 spiro atoms. The highest BCUT2D eigenvalue weighted by Crippen LogP contribution is 2.41. The van der Waals surface area contributed by atoms with Crippen molar-refractivity contribution in [1.82, 2.24) is 30.2 Å². The number of aromatic amines is 1. The summed E-state index contributed by atoms with van der Waals surface area (Å²) in [6, 6.07) is 6.24. The van der Waals surface area contributed by atoms with Gasteiger partial charge in [0.2, 0.25) is 5.95 Å². The third-order valence-corrected chi connectivity index (χ3v) is 5.91. The summed E-state index contributed by atoms with van der Waals surface area (Å²) in [5.74, 6) is 1.66. The number of urea groups is 1. The minimum absolute atomic E-state index is 0.181. The smallest absolute Gasteiger partial charge is 0.321 e. The van der Waals surface area contributed by atoms with Crippen LogP contribution in [0.2, 0.25) is 0 Å². The first-order valence-corrected chi connectivity index (χ1v) is 11.0. The van der Waals surface area contributed by atoms with Crippen molar-refractivity contribution in [3.8, 4) is 22.4 Å². The van der Waals surface area contributed by atoms with Gasteiger partial charge in [0.25, 0.3) is 0 Å². The quantitative estimate of drug-likeness (QED) is 0.392. The number of amides is 2. The second-order valence-corrected chi connectivity index (χ2v) is 8.28. The summed E-state index contributed by atoms with van der Waals surface area (Å²) in [6.07, 6.45) is 7.59. The number of fused-ring (bicyclic) bond motifs is 1. The summed E-state index contributed by atoms with van der Waals surface area (Å²) >= 11 is 0. The van der Waals surface area contributed by atoms with Crippen LogP contribution in [0.15, 0.2) is 42.9 Å². The van der Waals surface area contributed by atoms with E-state index in [1.165, 1.54) is 25.1 Å². The molecule has 4 aromatic rings. The Kier molecular flexibility index (Phi) is 5.45. The Morgan fingerprint density at radius 3 is 2.70 bits per heavy atom. The van der Waals surface area contributed by atoms with E-state index in [1.54, 1.807) is 18.5 Å². The molecule has 5 rings (SSSR count). The zero-order valence-corrected chi connectivity index (χ0v) is 18.4. The van der Waals surface area contributed by atoms with Crippen LogP contribution in [-0.2, 0) is 0 Å². The third-order valence-electron chi connectivity index (χ3n) is 5.91. The highest BCUT2D eigenvalue weighted by atomic mass is 19.1. The zero-order chi connectivity index (χ0) is 22.9. The Bertz CT molecular complexity index is 1310. The molecule has 0 bridgehead atoms. The van der Waals surface area contributed by atoms with Crippen molar-refractivity contribution in [2.24, 2.45) is 5.92 Å². The van der Waals surface area contributed by atoms with E-state index in [0.717, 1.165) is 17.0 Å². The Hall–Kier alpha value is -3.88. The maximum Gasteiger partial charge on any atom is 0.321 e. The van der Waals surface area contributed by atoms with Crippen LogP contribution in [0, 0.1) is 11.7 Å². The molecule has 2 amide bonds. The Balaban J connectivity index is 1.59. The summed E-state index contributed by atoms with van der Waals surface area (Å²) in [6.45, 7) is 4.47. The predicted molar refractivity (Wildman–Crippen MR) is 124 cm³/mol. The number of imidazole rings is 1. The number of halogens is 1. The van der Waals surface area contributed by atoms with Gasteiger partial charge in [-0.1, -0.05) is 6.92 Å². The summed E-state index contributed by atoms with van der Waals surface area (Å²) in [5.41, 5.74) is 3.42. The predicted octanol–water partition coefficient (Wildman–Crippen LogP) is 4.88. The normalized spacial score (nSPS) is 14.3. The first kappa shape index (κ1) is 21.0. The van der Waals surface area contributed by atoms with Crippen molar-refractivity contribution in [1.29, 1.82) is 0 Å². The minimum atomic E-state index is -0.456. The van der Waals surface area contributed by atoms with Crippen LogP contribution < -0.4 is 10.6 Å². The van der Waals surface area contributed by atoms with E-state index in [1.807, 2.05) is 19.1 Å². The standard InChI is InChI=1S/C24H24FN7O/c1-3-26-24(33)32-23-30-19-10-15(16-11-28-22(29-12-16)13(2)14-6-7-14)9-17(21(19)31-23)20-18(25)5-4-8-27-20/h4-5,8-14H,3,6-7H2,1-2H3,(H3,26,30,31,32,33). The summed E-state index contributed by atoms with van der Waals surface area (Å²) in [4.78, 5) is 33.0. The number of benzene rings is 1. The van der Waals surface area contributed by atoms with Crippen molar-refractivity contribution in [2.45, 2.75) is 32.6 Å². The van der Waals surface area contributed by atoms with Gasteiger partial charge in [-0.3, -0.25) is 10.3 Å². The van der Waals surface area contributed by atoms with E-state index in [2.05, 4.69) is 42.5 Å². The number of hydrogen-bond donors (Lipinski definition) is 3. The number of H-pyrrole nitrogens is 1. The molecule has 0 radical (unpaired) electrons. The first-order chi connectivity index (χ1) is 16.0. The van der Waals surface area contributed by atoms with Crippen molar-refractivity contribution < 1.29 is 9.18 Å². The molecule has 8 nitrogen and oxygen atoms in total. The fourth-order valence-electron chi connectivity index (χ4n) is 3.95. The number of nitrogens with zero attached hydrogens (tertiary/aromatic N) is 4. The number of pyridine rings is 1. The average Bonchev–Trinajstić information content (AvgIpc) is 3.59. The molecule has 0 aliphatic heterocycles. The van der Waals surface area contributed by atoms with E-state index in [4.69, 9.17) is 0 Å². The number of aromatic nitrogens is 5. The van der Waals surface area contributed by atoms with Gasteiger partial charge < -0.3 is 10.3 Å². The van der Waals surface area contributed by atoms with Gasteiger partial charge in [0.1, 0.15) is 22.9 Å². The molecule has 1 saturated carbocycles. The average molecular weight is 446 g/mol. The zero-order valence-electron chi connectivity index (χ0n) is 18.4. The molecule has 9 heteroatoms. The molecule has 3 heterocycles. The van der Waals surface area contributed by atoms with Crippen molar-refractivity contribution in [2.75, 3.05) is 11.9 Å². The first-order valence-electron chi connectivity index (χ1n) is 11.0. The molecule has 1 unspecified atom stereocenters. The Morgan fingerprint density at radius 2 is 2.00 bits per heavy atom. The third kappa shape index (κ3) is 4.26. The Morgan fingerprint density at radius 1 is 1.21 bits per heavy atom. The number of carbonyl (C=O) groups excluding carboxylic acids is 1. The number of rotatable bonds is 6. The van der Waals surface area contributed by atoms with Crippen LogP contribution in [0.5, 0.6) is 0 Å². The molecule has 1 aliphatic rings. The molecule has 168 valence electrons.